The molecule has 0 amide bonds. The summed E-state index contributed by atoms with van der Waals surface area (Å²) in [6.45, 7) is 6.53. The van der Waals surface area contributed by atoms with Crippen LogP contribution in [0, 0.1) is 6.92 Å². The smallest absolute Gasteiger partial charge is 0.0361 e. The molecule has 0 unspecified atom stereocenters. The lowest BCUT2D eigenvalue weighted by Gasteiger charge is -2.18. The average molecular weight is 685 g/mol. The monoisotopic (exact) mass is 684 g/mol. The van der Waals surface area contributed by atoms with Crippen LogP contribution in [0.2, 0.25) is 0 Å². The summed E-state index contributed by atoms with van der Waals surface area (Å²) in [6, 6.07) is 58.1. The van der Waals surface area contributed by atoms with E-state index >= 15 is 0 Å². The predicted octanol–water partition coefficient (Wildman–Crippen LogP) is 15.2. The first kappa shape index (κ1) is 30.1. The molecule has 2 aromatic heterocycles. The Morgan fingerprint density at radius 1 is 0.392 bits per heavy atom. The third kappa shape index (κ3) is 4.79. The lowest BCUT2D eigenvalue weighted by atomic mass is 9.85. The molecule has 2 heterocycles. The second kappa shape index (κ2) is 11.9. The van der Waals surface area contributed by atoms with Crippen molar-refractivity contribution in [2.45, 2.75) is 6.92 Å². The molecule has 10 rings (SSSR count). The fourth-order valence-electron chi connectivity index (χ4n) is 8.05. The molecule has 0 aliphatic carbocycles. The number of hydrogen-bond acceptors (Lipinski definition) is 2. The largest absolute Gasteiger partial charge is 0.135 e. The van der Waals surface area contributed by atoms with E-state index in [-0.39, 0.29) is 0 Å². The van der Waals surface area contributed by atoms with Gasteiger partial charge in [0.05, 0.1) is 0 Å². The normalized spacial score (nSPS) is 11.7. The highest BCUT2D eigenvalue weighted by Crippen LogP contribution is 2.48. The van der Waals surface area contributed by atoms with Gasteiger partial charge >= 0.3 is 0 Å². The minimum atomic E-state index is 1.22. The van der Waals surface area contributed by atoms with Gasteiger partial charge in [-0.15, -0.1) is 22.7 Å². The Morgan fingerprint density at radius 3 is 1.59 bits per heavy atom. The molecule has 10 aromatic rings. The van der Waals surface area contributed by atoms with Crippen molar-refractivity contribution in [1.82, 2.24) is 0 Å². The molecular weight excluding hydrogens is 653 g/mol. The van der Waals surface area contributed by atoms with E-state index < -0.39 is 0 Å². The lowest BCUT2D eigenvalue weighted by molar-refractivity contribution is 1.51. The van der Waals surface area contributed by atoms with Gasteiger partial charge in [0, 0.05) is 40.7 Å². The molecule has 0 N–H and O–H groups in total. The Kier molecular flexibility index (Phi) is 7.02. The number of thiophene rings is 2. The second-order valence-electron chi connectivity index (χ2n) is 13.3. The van der Waals surface area contributed by atoms with Gasteiger partial charge in [-0.3, -0.25) is 0 Å². The second-order valence-corrected chi connectivity index (χ2v) is 15.5. The van der Waals surface area contributed by atoms with Crippen LogP contribution in [0.4, 0.5) is 0 Å². The van der Waals surface area contributed by atoms with Crippen LogP contribution in [0.15, 0.2) is 164 Å². The van der Waals surface area contributed by atoms with Crippen LogP contribution in [0.5, 0.6) is 0 Å². The fraction of sp³-hybridized carbons (Fsp3) is 0.0204. The quantitative estimate of drug-likeness (QED) is 0.158. The molecule has 8 aromatic carbocycles. The average Bonchev–Trinajstić information content (AvgIpc) is 3.74. The van der Waals surface area contributed by atoms with E-state index in [1.807, 2.05) is 28.7 Å². The molecule has 0 radical (unpaired) electrons. The van der Waals surface area contributed by atoms with Crippen molar-refractivity contribution in [1.29, 1.82) is 0 Å². The van der Waals surface area contributed by atoms with Gasteiger partial charge in [-0.2, -0.15) is 0 Å². The number of rotatable bonds is 5. The van der Waals surface area contributed by atoms with Crippen molar-refractivity contribution in [3.8, 4) is 44.5 Å². The first-order valence-corrected chi connectivity index (χ1v) is 19.0. The number of hydrogen-bond donors (Lipinski definition) is 0. The van der Waals surface area contributed by atoms with Crippen molar-refractivity contribution in [3.05, 3.63) is 175 Å². The maximum Gasteiger partial charge on any atom is 0.0361 e. The minimum absolute atomic E-state index is 1.22. The molecule has 0 bridgehead atoms. The Balaban J connectivity index is 1.16. The van der Waals surface area contributed by atoms with Crippen LogP contribution < -0.4 is 0 Å². The van der Waals surface area contributed by atoms with E-state index in [4.69, 9.17) is 0 Å². The highest BCUT2D eigenvalue weighted by atomic mass is 32.1. The van der Waals surface area contributed by atoms with Crippen LogP contribution in [0.3, 0.4) is 0 Å². The van der Waals surface area contributed by atoms with Gasteiger partial charge in [0.2, 0.25) is 0 Å². The molecule has 0 nitrogen and oxygen atoms in total. The summed E-state index contributed by atoms with van der Waals surface area (Å²) >= 11 is 3.72. The SMILES string of the molecule is C=Cc1sc2cc(-c3c4ccccc4c(-c4ccc(-c5ccccc5)cc4)c4ccccc34)ccc2c1-c1cc2sc3ccccc3c2cc1C. The van der Waals surface area contributed by atoms with Crippen molar-refractivity contribution in [2.75, 3.05) is 0 Å². The van der Waals surface area contributed by atoms with E-state index in [2.05, 4.69) is 171 Å². The maximum atomic E-state index is 4.28. The van der Waals surface area contributed by atoms with Crippen LogP contribution in [0.25, 0.3) is 102 Å². The van der Waals surface area contributed by atoms with Gasteiger partial charge < -0.3 is 0 Å². The molecule has 0 aliphatic heterocycles. The zero-order chi connectivity index (χ0) is 34.1. The summed E-state index contributed by atoms with van der Waals surface area (Å²) in [4.78, 5) is 1.22. The summed E-state index contributed by atoms with van der Waals surface area (Å²) < 4.78 is 3.94. The first-order valence-electron chi connectivity index (χ1n) is 17.4. The number of aryl methyl sites for hydroxylation is 1. The van der Waals surface area contributed by atoms with E-state index in [1.54, 1.807) is 0 Å². The van der Waals surface area contributed by atoms with Crippen molar-refractivity contribution < 1.29 is 0 Å². The fourth-order valence-corrected chi connectivity index (χ4v) is 10.3. The minimum Gasteiger partial charge on any atom is -0.135 e. The van der Waals surface area contributed by atoms with E-state index in [0.29, 0.717) is 0 Å². The third-order valence-electron chi connectivity index (χ3n) is 10.4. The lowest BCUT2D eigenvalue weighted by Crippen LogP contribution is -1.91. The molecule has 0 saturated carbocycles. The van der Waals surface area contributed by atoms with Crippen molar-refractivity contribution >= 4 is 80.6 Å². The molecule has 51 heavy (non-hydrogen) atoms. The molecule has 0 saturated heterocycles. The predicted molar refractivity (Wildman–Crippen MR) is 226 cm³/mol. The van der Waals surface area contributed by atoms with Crippen LogP contribution >= 0.6 is 22.7 Å². The van der Waals surface area contributed by atoms with Crippen LogP contribution in [-0.2, 0) is 0 Å². The van der Waals surface area contributed by atoms with Gasteiger partial charge in [0.1, 0.15) is 0 Å². The summed E-state index contributed by atoms with van der Waals surface area (Å²) in [5.74, 6) is 0. The maximum absolute atomic E-state index is 4.28. The van der Waals surface area contributed by atoms with Gasteiger partial charge in [-0.25, -0.2) is 0 Å². The summed E-state index contributed by atoms with van der Waals surface area (Å²) in [6.07, 6.45) is 2.04. The Bertz CT molecular complexity index is 2920. The number of fused-ring (bicyclic) bond motifs is 6. The zero-order valence-corrected chi connectivity index (χ0v) is 29.7. The van der Waals surface area contributed by atoms with E-state index in [0.717, 1.165) is 0 Å². The zero-order valence-electron chi connectivity index (χ0n) is 28.1. The summed E-state index contributed by atoms with van der Waals surface area (Å²) in [7, 11) is 0. The third-order valence-corrected chi connectivity index (χ3v) is 12.7. The molecule has 2 heteroatoms. The molecule has 0 fully saturated rings. The van der Waals surface area contributed by atoms with E-state index in [1.165, 1.54) is 107 Å². The topological polar surface area (TPSA) is 0 Å². The van der Waals surface area contributed by atoms with Crippen molar-refractivity contribution in [2.24, 2.45) is 0 Å². The standard InChI is InChI=1S/C49H32S2/c1-3-43-49(41-29-46-42(27-30(41)2)35-15-11-12-20-44(35)51-46)40-26-25-34(28-45(40)50-43)48-38-18-9-7-16-36(38)47(37-17-8-10-19-39(37)48)33-23-21-32(22-24-33)31-13-5-4-6-14-31/h3-29H,1H2,2H3. The highest BCUT2D eigenvalue weighted by Gasteiger charge is 2.20. The van der Waals surface area contributed by atoms with Crippen LogP contribution in [0.1, 0.15) is 10.4 Å². The first-order chi connectivity index (χ1) is 25.2. The van der Waals surface area contributed by atoms with Gasteiger partial charge in [0.15, 0.2) is 0 Å². The van der Waals surface area contributed by atoms with Gasteiger partial charge in [0.25, 0.3) is 0 Å². The Hall–Kier alpha value is -5.80. The highest BCUT2D eigenvalue weighted by molar-refractivity contribution is 7.25. The molecule has 0 aliphatic rings. The van der Waals surface area contributed by atoms with Crippen LogP contribution in [-0.4, -0.2) is 0 Å². The van der Waals surface area contributed by atoms with Crippen molar-refractivity contribution in [3.63, 3.8) is 0 Å². The van der Waals surface area contributed by atoms with Gasteiger partial charge in [-0.1, -0.05) is 146 Å². The molecular formula is C49H32S2. The summed E-state index contributed by atoms with van der Waals surface area (Å²) in [5, 5.41) is 9.04. The van der Waals surface area contributed by atoms with E-state index in [9.17, 15) is 0 Å². The Labute approximate surface area is 305 Å². The Morgan fingerprint density at radius 2 is 0.922 bits per heavy atom. The molecule has 0 spiro atoms. The van der Waals surface area contributed by atoms with Gasteiger partial charge in [-0.05, 0) is 97.2 Å². The molecule has 240 valence electrons. The molecule has 0 atom stereocenters. The number of benzene rings is 8. The summed E-state index contributed by atoms with van der Waals surface area (Å²) in [5.41, 5.74) is 11.4.